The van der Waals surface area contributed by atoms with Crippen molar-refractivity contribution in [2.45, 2.75) is 13.3 Å². The van der Waals surface area contributed by atoms with Crippen LogP contribution in [-0.4, -0.2) is 10.2 Å². The third-order valence-electron chi connectivity index (χ3n) is 2.61. The van der Waals surface area contributed by atoms with Gasteiger partial charge in [-0.3, -0.25) is 0 Å². The molecule has 0 aliphatic heterocycles. The van der Waals surface area contributed by atoms with Crippen molar-refractivity contribution >= 4 is 28.9 Å². The third kappa shape index (κ3) is 3.50. The van der Waals surface area contributed by atoms with Gasteiger partial charge in [-0.1, -0.05) is 23.2 Å². The summed E-state index contributed by atoms with van der Waals surface area (Å²) in [6.45, 7) is 0.283. The lowest BCUT2D eigenvalue weighted by Crippen LogP contribution is -2.32. The predicted octanol–water partition coefficient (Wildman–Crippen LogP) is 2.55. The molecular formula is C13H13Cl2N2O2+. The number of hydrogen-bond donors (Lipinski definition) is 3. The van der Waals surface area contributed by atoms with Gasteiger partial charge in [0.2, 0.25) is 6.73 Å². The summed E-state index contributed by atoms with van der Waals surface area (Å²) < 4.78 is 1.62. The number of phenolic OH excluding ortho intramolecular Hbond substituents is 1. The maximum atomic E-state index is 9.82. The van der Waals surface area contributed by atoms with E-state index in [9.17, 15) is 5.11 Å². The van der Waals surface area contributed by atoms with Crippen LogP contribution in [-0.2, 0) is 13.3 Å². The second kappa shape index (κ2) is 6.10. The molecule has 0 unspecified atom stereocenters. The van der Waals surface area contributed by atoms with E-state index in [-0.39, 0.29) is 17.5 Å². The van der Waals surface area contributed by atoms with Crippen LogP contribution in [0.1, 0.15) is 5.56 Å². The molecule has 3 N–H and O–H groups in total. The number of halogens is 2. The number of nitrogens with one attached hydrogen (secondary N) is 1. The number of anilines is 1. The molecule has 0 atom stereocenters. The molecule has 1 heterocycles. The predicted molar refractivity (Wildman–Crippen MR) is 74.3 cm³/mol. The lowest BCUT2D eigenvalue weighted by atomic mass is 10.2. The molecule has 6 heteroatoms. The fourth-order valence-corrected chi connectivity index (χ4v) is 2.20. The van der Waals surface area contributed by atoms with Crippen LogP contribution in [0.5, 0.6) is 5.75 Å². The van der Waals surface area contributed by atoms with Crippen LogP contribution < -0.4 is 9.88 Å². The van der Waals surface area contributed by atoms with Gasteiger partial charge in [-0.2, -0.15) is 4.57 Å². The van der Waals surface area contributed by atoms with Gasteiger partial charge in [0, 0.05) is 23.2 Å². The second-order valence-electron chi connectivity index (χ2n) is 4.00. The number of aliphatic hydroxyl groups excluding tert-OH is 1. The van der Waals surface area contributed by atoms with Crippen LogP contribution in [0.2, 0.25) is 10.0 Å². The molecule has 2 aromatic rings. The van der Waals surface area contributed by atoms with Gasteiger partial charge in [0.1, 0.15) is 5.75 Å². The van der Waals surface area contributed by atoms with Crippen molar-refractivity contribution in [3.63, 3.8) is 0 Å². The highest BCUT2D eigenvalue weighted by molar-refractivity contribution is 6.35. The topological polar surface area (TPSA) is 56.4 Å². The van der Waals surface area contributed by atoms with Crippen molar-refractivity contribution in [2.24, 2.45) is 0 Å². The van der Waals surface area contributed by atoms with Crippen molar-refractivity contribution in [3.05, 3.63) is 52.3 Å². The molecule has 0 radical (unpaired) electrons. The molecule has 2 rings (SSSR count). The average molecular weight is 300 g/mol. The molecule has 100 valence electrons. The Bertz CT molecular complexity index is 591. The maximum absolute atomic E-state index is 9.82. The number of phenols is 1. The van der Waals surface area contributed by atoms with Gasteiger partial charge in [0.25, 0.3) is 0 Å². The minimum atomic E-state index is -0.0935. The number of pyridine rings is 1. The van der Waals surface area contributed by atoms with Crippen molar-refractivity contribution in [2.75, 3.05) is 5.32 Å². The second-order valence-corrected chi connectivity index (χ2v) is 4.84. The van der Waals surface area contributed by atoms with Crippen LogP contribution in [0.25, 0.3) is 0 Å². The fraction of sp³-hybridized carbons (Fsp3) is 0.154. The Morgan fingerprint density at radius 3 is 2.79 bits per heavy atom. The molecule has 0 fully saturated rings. The van der Waals surface area contributed by atoms with Crippen LogP contribution in [0, 0.1) is 0 Å². The Morgan fingerprint density at radius 2 is 2.05 bits per heavy atom. The van der Waals surface area contributed by atoms with E-state index in [0.29, 0.717) is 17.1 Å². The summed E-state index contributed by atoms with van der Waals surface area (Å²) in [5.74, 6) is 0.0181. The Balaban J connectivity index is 2.14. The number of aromatic hydroxyl groups is 1. The molecule has 0 aliphatic rings. The molecule has 1 aromatic carbocycles. The Hall–Kier alpha value is -1.49. The Morgan fingerprint density at radius 1 is 1.26 bits per heavy atom. The lowest BCUT2D eigenvalue weighted by Gasteiger charge is -2.09. The van der Waals surface area contributed by atoms with Gasteiger partial charge in [-0.05, 0) is 18.2 Å². The molecule has 0 bridgehead atoms. The molecule has 0 spiro atoms. The van der Waals surface area contributed by atoms with Gasteiger partial charge in [-0.15, -0.1) is 0 Å². The summed E-state index contributed by atoms with van der Waals surface area (Å²) in [5.41, 5.74) is 1.42. The first kappa shape index (κ1) is 13.9. The number of aromatic nitrogens is 1. The summed E-state index contributed by atoms with van der Waals surface area (Å²) in [6, 6.07) is 6.81. The van der Waals surface area contributed by atoms with E-state index >= 15 is 0 Å². The molecule has 0 saturated carbocycles. The summed E-state index contributed by atoms with van der Waals surface area (Å²) in [4.78, 5) is 0. The number of benzene rings is 1. The normalized spacial score (nSPS) is 10.5. The minimum Gasteiger partial charge on any atom is -0.506 e. The molecule has 0 saturated heterocycles. The van der Waals surface area contributed by atoms with Crippen molar-refractivity contribution in [1.29, 1.82) is 0 Å². The fourth-order valence-electron chi connectivity index (χ4n) is 1.67. The zero-order chi connectivity index (χ0) is 13.8. The van der Waals surface area contributed by atoms with Gasteiger partial charge in [0.15, 0.2) is 12.4 Å². The third-order valence-corrected chi connectivity index (χ3v) is 3.12. The van der Waals surface area contributed by atoms with Gasteiger partial charge in [0.05, 0.1) is 10.7 Å². The number of hydrogen-bond acceptors (Lipinski definition) is 3. The van der Waals surface area contributed by atoms with E-state index in [1.54, 1.807) is 23.0 Å². The van der Waals surface area contributed by atoms with Gasteiger partial charge < -0.3 is 15.5 Å². The first-order chi connectivity index (χ1) is 9.10. The van der Waals surface area contributed by atoms with E-state index in [2.05, 4.69) is 5.32 Å². The molecular weight excluding hydrogens is 287 g/mol. The number of nitrogens with zero attached hydrogens (tertiary/aromatic N) is 1. The van der Waals surface area contributed by atoms with Crippen molar-refractivity contribution in [1.82, 2.24) is 0 Å². The smallest absolute Gasteiger partial charge is 0.250 e. The molecule has 1 aromatic heterocycles. The van der Waals surface area contributed by atoms with E-state index in [1.807, 2.05) is 12.1 Å². The van der Waals surface area contributed by atoms with Gasteiger partial charge >= 0.3 is 0 Å². The quantitative estimate of drug-likeness (QED) is 0.761. The van der Waals surface area contributed by atoms with Crippen LogP contribution >= 0.6 is 23.2 Å². The standard InChI is InChI=1S/C13H12Cl2N2O2/c14-10-4-9(13(19)12(15)5-10)6-16-11-2-1-3-17(7-11)8-18/h1-5,7,16,18H,6,8H2/p+1. The highest BCUT2D eigenvalue weighted by Gasteiger charge is 2.08. The summed E-state index contributed by atoms with van der Waals surface area (Å²) in [7, 11) is 0. The average Bonchev–Trinajstić information content (AvgIpc) is 2.41. The van der Waals surface area contributed by atoms with Crippen molar-refractivity contribution in [3.8, 4) is 5.75 Å². The first-order valence-electron chi connectivity index (χ1n) is 5.61. The summed E-state index contributed by atoms with van der Waals surface area (Å²) >= 11 is 11.7. The van der Waals surface area contributed by atoms with Crippen LogP contribution in [0.15, 0.2) is 36.7 Å². The van der Waals surface area contributed by atoms with E-state index < -0.39 is 0 Å². The summed E-state index contributed by atoms with van der Waals surface area (Å²) in [6.07, 6.45) is 3.50. The number of aliphatic hydroxyl groups is 1. The van der Waals surface area contributed by atoms with Crippen molar-refractivity contribution < 1.29 is 14.8 Å². The molecule has 4 nitrogen and oxygen atoms in total. The van der Waals surface area contributed by atoms with E-state index in [0.717, 1.165) is 5.69 Å². The molecule has 0 aliphatic carbocycles. The zero-order valence-corrected chi connectivity index (χ0v) is 11.5. The molecule has 19 heavy (non-hydrogen) atoms. The Kier molecular flexibility index (Phi) is 4.47. The Labute approximate surface area is 120 Å². The van der Waals surface area contributed by atoms with E-state index in [4.69, 9.17) is 28.3 Å². The van der Waals surface area contributed by atoms with Gasteiger partial charge in [-0.25, -0.2) is 0 Å². The lowest BCUT2D eigenvalue weighted by molar-refractivity contribution is -0.729. The largest absolute Gasteiger partial charge is 0.506 e. The monoisotopic (exact) mass is 299 g/mol. The molecule has 0 amide bonds. The highest BCUT2D eigenvalue weighted by Crippen LogP contribution is 2.31. The van der Waals surface area contributed by atoms with E-state index in [1.165, 1.54) is 6.07 Å². The van der Waals surface area contributed by atoms with Crippen LogP contribution in [0.4, 0.5) is 5.69 Å². The highest BCUT2D eigenvalue weighted by atomic mass is 35.5. The minimum absolute atomic E-state index is 0.0181. The summed E-state index contributed by atoms with van der Waals surface area (Å²) in [5, 5.41) is 22.7. The zero-order valence-electron chi connectivity index (χ0n) is 9.98. The SMILES string of the molecule is OC[n+]1cccc(NCc2cc(Cl)cc(Cl)c2O)c1. The van der Waals surface area contributed by atoms with Crippen LogP contribution in [0.3, 0.4) is 0 Å². The maximum Gasteiger partial charge on any atom is 0.250 e. The first-order valence-corrected chi connectivity index (χ1v) is 6.36. The number of rotatable bonds is 4.